The van der Waals surface area contributed by atoms with E-state index in [0.717, 1.165) is 37.1 Å². The highest BCUT2D eigenvalue weighted by molar-refractivity contribution is 5.85. The molecule has 1 aliphatic carbocycles. The molecule has 0 aromatic rings. The van der Waals surface area contributed by atoms with Gasteiger partial charge in [0.15, 0.2) is 0 Å². The van der Waals surface area contributed by atoms with E-state index in [1.807, 2.05) is 0 Å². The first-order valence-electron chi connectivity index (χ1n) is 6.56. The average molecular weight is 244 g/mol. The maximum absolute atomic E-state index is 11.9. The molecule has 0 spiro atoms. The van der Waals surface area contributed by atoms with Crippen LogP contribution in [0, 0.1) is 17.8 Å². The molecule has 0 radical (unpaired) electrons. The van der Waals surface area contributed by atoms with Crippen LogP contribution in [0.3, 0.4) is 0 Å². The topological polar surface area (TPSA) is 20.3 Å². The molecule has 0 amide bonds. The van der Waals surface area contributed by atoms with E-state index < -0.39 is 0 Å². The Morgan fingerprint density at radius 1 is 1.31 bits per heavy atom. The molecule has 1 saturated carbocycles. The third kappa shape index (κ3) is 1.80. The quantitative estimate of drug-likeness (QED) is 0.706. The van der Waals surface area contributed by atoms with Crippen molar-refractivity contribution in [3.05, 3.63) is 0 Å². The summed E-state index contributed by atoms with van der Waals surface area (Å²) < 4.78 is 0. The van der Waals surface area contributed by atoms with Crippen molar-refractivity contribution in [2.75, 3.05) is 13.1 Å². The molecule has 3 heterocycles. The first kappa shape index (κ1) is 12.4. The van der Waals surface area contributed by atoms with Gasteiger partial charge in [0.1, 0.15) is 5.78 Å². The fourth-order valence-electron chi connectivity index (χ4n) is 4.11. The van der Waals surface area contributed by atoms with E-state index in [4.69, 9.17) is 0 Å². The molecular weight excluding hydrogens is 222 g/mol. The largest absolute Gasteiger partial charge is 0.300 e. The number of rotatable bonds is 1. The van der Waals surface area contributed by atoms with Gasteiger partial charge in [-0.15, -0.1) is 12.4 Å². The Balaban J connectivity index is 0.000000963. The lowest BCUT2D eigenvalue weighted by atomic mass is 9.64. The van der Waals surface area contributed by atoms with Gasteiger partial charge in [-0.1, -0.05) is 6.92 Å². The van der Waals surface area contributed by atoms with E-state index in [9.17, 15) is 4.79 Å². The number of fused-ring (bicyclic) bond motifs is 2. The van der Waals surface area contributed by atoms with Crippen molar-refractivity contribution in [3.8, 4) is 0 Å². The molecule has 2 bridgehead atoms. The predicted molar refractivity (Wildman–Crippen MR) is 66.8 cm³/mol. The molecule has 3 heteroatoms. The number of nitrogens with zero attached hydrogens (tertiary/aromatic N) is 1. The van der Waals surface area contributed by atoms with Gasteiger partial charge in [0.05, 0.1) is 0 Å². The van der Waals surface area contributed by atoms with Gasteiger partial charge in [0, 0.05) is 18.4 Å². The molecule has 0 aromatic heterocycles. The van der Waals surface area contributed by atoms with Gasteiger partial charge in [0.25, 0.3) is 0 Å². The second-order valence-corrected chi connectivity index (χ2v) is 5.62. The Bertz CT molecular complexity index is 273. The summed E-state index contributed by atoms with van der Waals surface area (Å²) in [7, 11) is 0. The number of carbonyl (C=O) groups excluding carboxylic acids is 1. The molecule has 3 atom stereocenters. The van der Waals surface area contributed by atoms with Crippen LogP contribution in [0.1, 0.15) is 39.0 Å². The number of carbonyl (C=O) groups is 1. The van der Waals surface area contributed by atoms with E-state index in [0.29, 0.717) is 11.7 Å². The first-order valence-corrected chi connectivity index (χ1v) is 6.56. The zero-order valence-corrected chi connectivity index (χ0v) is 10.8. The maximum Gasteiger partial charge on any atom is 0.136 e. The van der Waals surface area contributed by atoms with Crippen LogP contribution in [-0.2, 0) is 4.79 Å². The van der Waals surface area contributed by atoms with Crippen molar-refractivity contribution in [2.24, 2.45) is 17.8 Å². The zero-order valence-electron chi connectivity index (χ0n) is 10.0. The first-order chi connectivity index (χ1) is 7.29. The van der Waals surface area contributed by atoms with E-state index in [-0.39, 0.29) is 12.4 Å². The van der Waals surface area contributed by atoms with Crippen LogP contribution in [0.5, 0.6) is 0 Å². The number of halogens is 1. The summed E-state index contributed by atoms with van der Waals surface area (Å²) in [6.07, 6.45) is 5.82. The van der Waals surface area contributed by atoms with Crippen molar-refractivity contribution in [2.45, 2.75) is 45.1 Å². The van der Waals surface area contributed by atoms with Crippen molar-refractivity contribution in [1.29, 1.82) is 0 Å². The summed E-state index contributed by atoms with van der Waals surface area (Å²) in [4.78, 5) is 14.6. The number of piperidine rings is 3. The third-order valence-electron chi connectivity index (χ3n) is 5.05. The number of ketones is 1. The van der Waals surface area contributed by atoms with Crippen LogP contribution >= 0.6 is 12.4 Å². The third-order valence-corrected chi connectivity index (χ3v) is 5.05. The lowest BCUT2D eigenvalue weighted by Gasteiger charge is -2.54. The Labute approximate surface area is 104 Å². The Morgan fingerprint density at radius 3 is 2.62 bits per heavy atom. The van der Waals surface area contributed by atoms with Crippen LogP contribution in [0.4, 0.5) is 0 Å². The minimum Gasteiger partial charge on any atom is -0.300 e. The van der Waals surface area contributed by atoms with Gasteiger partial charge < -0.3 is 4.90 Å². The molecule has 4 fully saturated rings. The van der Waals surface area contributed by atoms with E-state index in [1.54, 1.807) is 0 Å². The number of hydrogen-bond donors (Lipinski definition) is 0. The average Bonchev–Trinajstić information content (AvgIpc) is 2.29. The molecule has 3 aliphatic heterocycles. The second kappa shape index (κ2) is 4.66. The van der Waals surface area contributed by atoms with Crippen LogP contribution < -0.4 is 0 Å². The van der Waals surface area contributed by atoms with Crippen molar-refractivity contribution >= 4 is 18.2 Å². The summed E-state index contributed by atoms with van der Waals surface area (Å²) >= 11 is 0. The van der Waals surface area contributed by atoms with E-state index >= 15 is 0 Å². The smallest absolute Gasteiger partial charge is 0.136 e. The Hall–Kier alpha value is -0.0800. The van der Waals surface area contributed by atoms with Crippen molar-refractivity contribution in [1.82, 2.24) is 4.90 Å². The molecule has 16 heavy (non-hydrogen) atoms. The fraction of sp³-hybridized carbons (Fsp3) is 0.923. The second-order valence-electron chi connectivity index (χ2n) is 5.62. The highest BCUT2D eigenvalue weighted by atomic mass is 35.5. The molecule has 4 aliphatic rings. The van der Waals surface area contributed by atoms with Crippen molar-refractivity contribution in [3.63, 3.8) is 0 Å². The Morgan fingerprint density at radius 2 is 2.00 bits per heavy atom. The number of Topliss-reactive ketones (excluding diaryl/α,β-unsaturated/α-hetero) is 1. The lowest BCUT2D eigenvalue weighted by Crippen LogP contribution is -2.58. The van der Waals surface area contributed by atoms with Gasteiger partial charge >= 0.3 is 0 Å². The zero-order chi connectivity index (χ0) is 10.4. The predicted octanol–water partition coefficient (Wildman–Crippen LogP) is 2.51. The summed E-state index contributed by atoms with van der Waals surface area (Å²) in [5.74, 6) is 2.54. The van der Waals surface area contributed by atoms with Gasteiger partial charge in [0.2, 0.25) is 0 Å². The summed E-state index contributed by atoms with van der Waals surface area (Å²) in [6, 6.07) is 0.764. The summed E-state index contributed by atoms with van der Waals surface area (Å²) in [5, 5.41) is 0. The van der Waals surface area contributed by atoms with Crippen LogP contribution in [0.15, 0.2) is 0 Å². The molecule has 92 valence electrons. The fourth-order valence-corrected chi connectivity index (χ4v) is 4.11. The van der Waals surface area contributed by atoms with Crippen LogP contribution in [0.25, 0.3) is 0 Å². The van der Waals surface area contributed by atoms with E-state index in [1.165, 1.54) is 25.9 Å². The molecule has 2 nitrogen and oxygen atoms in total. The highest BCUT2D eigenvalue weighted by Crippen LogP contribution is 2.45. The van der Waals surface area contributed by atoms with Gasteiger partial charge in [-0.05, 0) is 50.6 Å². The highest BCUT2D eigenvalue weighted by Gasteiger charge is 2.47. The van der Waals surface area contributed by atoms with Gasteiger partial charge in [-0.2, -0.15) is 0 Å². The monoisotopic (exact) mass is 243 g/mol. The number of hydrogen-bond acceptors (Lipinski definition) is 2. The summed E-state index contributed by atoms with van der Waals surface area (Å²) in [5.41, 5.74) is 0. The van der Waals surface area contributed by atoms with Gasteiger partial charge in [-0.25, -0.2) is 0 Å². The van der Waals surface area contributed by atoms with E-state index in [2.05, 4.69) is 11.8 Å². The molecule has 0 aromatic carbocycles. The molecule has 3 unspecified atom stereocenters. The molecule has 0 N–H and O–H groups in total. The SMILES string of the molecule is CCC1CC2C(CC1=O)C1CCN2CC1.Cl. The summed E-state index contributed by atoms with van der Waals surface area (Å²) in [6.45, 7) is 4.77. The minimum absolute atomic E-state index is 0. The normalized spacial score (nSPS) is 46.1. The van der Waals surface area contributed by atoms with Crippen LogP contribution in [-0.4, -0.2) is 29.8 Å². The molecule has 3 saturated heterocycles. The van der Waals surface area contributed by atoms with Crippen LogP contribution in [0.2, 0.25) is 0 Å². The molecular formula is C13H22ClNO. The van der Waals surface area contributed by atoms with Gasteiger partial charge in [-0.3, -0.25) is 4.79 Å². The van der Waals surface area contributed by atoms with Crippen molar-refractivity contribution < 1.29 is 4.79 Å². The lowest BCUT2D eigenvalue weighted by molar-refractivity contribution is -0.134. The minimum atomic E-state index is 0. The molecule has 4 rings (SSSR count). The maximum atomic E-state index is 11.9. The Kier molecular flexibility index (Phi) is 3.60. The standard InChI is InChI=1S/C13H21NO.ClH/c1-2-9-7-12-11(8-13(9)15)10-3-5-14(12)6-4-10;/h9-12H,2-8H2,1H3;1H.